The van der Waals surface area contributed by atoms with Gasteiger partial charge in [0.05, 0.1) is 29.9 Å². The highest BCUT2D eigenvalue weighted by Crippen LogP contribution is 2.06. The fourth-order valence-electron chi connectivity index (χ4n) is 1.78. The van der Waals surface area contributed by atoms with E-state index in [1.807, 2.05) is 6.92 Å². The summed E-state index contributed by atoms with van der Waals surface area (Å²) >= 11 is 0. The zero-order chi connectivity index (χ0) is 16.0. The molecule has 0 aliphatic heterocycles. The Balaban J connectivity index is 2.63. The van der Waals surface area contributed by atoms with Crippen molar-refractivity contribution in [3.63, 3.8) is 0 Å². The Labute approximate surface area is 123 Å². The maximum Gasteiger partial charge on any atom is 0.335 e. The number of rotatable bonds is 6. The minimum atomic E-state index is -1.04. The van der Waals surface area contributed by atoms with Crippen molar-refractivity contribution in [1.82, 2.24) is 15.2 Å². The molecule has 1 aromatic rings. The Morgan fingerprint density at radius 1 is 1.43 bits per heavy atom. The van der Waals surface area contributed by atoms with Crippen molar-refractivity contribution in [3.05, 3.63) is 29.6 Å². The first-order valence-corrected chi connectivity index (χ1v) is 6.66. The zero-order valence-electron chi connectivity index (χ0n) is 12.5. The van der Waals surface area contributed by atoms with Crippen LogP contribution in [0.3, 0.4) is 0 Å². The molecule has 0 bridgehead atoms. The standard InChI is InChI=1S/C14H21N3O4/c1-4-17(9-14(2,3)21)13(20)16-8-11-7-10(12(18)19)5-6-15-11/h5-7,21H,4,8-9H2,1-3H3,(H,16,20)(H,18,19). The summed E-state index contributed by atoms with van der Waals surface area (Å²) < 4.78 is 0. The maximum atomic E-state index is 12.0. The number of urea groups is 1. The molecule has 1 heterocycles. The van der Waals surface area contributed by atoms with Crippen LogP contribution < -0.4 is 5.32 Å². The van der Waals surface area contributed by atoms with Gasteiger partial charge in [0.2, 0.25) is 0 Å². The largest absolute Gasteiger partial charge is 0.478 e. The lowest BCUT2D eigenvalue weighted by atomic mass is 10.1. The van der Waals surface area contributed by atoms with Gasteiger partial charge < -0.3 is 20.4 Å². The Hall–Kier alpha value is -2.15. The molecule has 0 radical (unpaired) electrons. The summed E-state index contributed by atoms with van der Waals surface area (Å²) in [6, 6.07) is 2.47. The molecule has 0 fully saturated rings. The summed E-state index contributed by atoms with van der Waals surface area (Å²) in [7, 11) is 0. The number of pyridine rings is 1. The van der Waals surface area contributed by atoms with Crippen molar-refractivity contribution in [1.29, 1.82) is 0 Å². The van der Waals surface area contributed by atoms with E-state index >= 15 is 0 Å². The summed E-state index contributed by atoms with van der Waals surface area (Å²) in [5.41, 5.74) is -0.393. The average Bonchev–Trinajstić information content (AvgIpc) is 2.41. The van der Waals surface area contributed by atoms with Crippen LogP contribution in [-0.4, -0.2) is 50.8 Å². The number of aromatic nitrogens is 1. The third kappa shape index (κ3) is 5.78. The molecule has 0 atom stereocenters. The van der Waals surface area contributed by atoms with Gasteiger partial charge in [0.15, 0.2) is 0 Å². The van der Waals surface area contributed by atoms with Gasteiger partial charge in [-0.1, -0.05) is 0 Å². The molecule has 1 rings (SSSR count). The van der Waals surface area contributed by atoms with Gasteiger partial charge in [0, 0.05) is 12.7 Å². The van der Waals surface area contributed by atoms with Gasteiger partial charge in [-0.25, -0.2) is 9.59 Å². The van der Waals surface area contributed by atoms with Crippen LogP contribution in [0.2, 0.25) is 0 Å². The Morgan fingerprint density at radius 2 is 2.10 bits per heavy atom. The molecular weight excluding hydrogens is 274 g/mol. The normalized spacial score (nSPS) is 11.0. The number of hydrogen-bond acceptors (Lipinski definition) is 4. The van der Waals surface area contributed by atoms with Crippen molar-refractivity contribution in [3.8, 4) is 0 Å². The van der Waals surface area contributed by atoms with E-state index in [2.05, 4.69) is 10.3 Å². The lowest BCUT2D eigenvalue weighted by Crippen LogP contribution is -2.46. The van der Waals surface area contributed by atoms with E-state index in [9.17, 15) is 14.7 Å². The van der Waals surface area contributed by atoms with Gasteiger partial charge in [0.25, 0.3) is 0 Å². The molecule has 0 aliphatic rings. The fourth-order valence-corrected chi connectivity index (χ4v) is 1.78. The molecule has 0 spiro atoms. The molecular formula is C14H21N3O4. The van der Waals surface area contributed by atoms with E-state index in [1.165, 1.54) is 23.2 Å². The summed E-state index contributed by atoms with van der Waals surface area (Å²) in [5.74, 6) is -1.04. The second-order valence-electron chi connectivity index (χ2n) is 5.33. The molecule has 0 saturated carbocycles. The number of carboxylic acid groups (broad SMARTS) is 1. The van der Waals surface area contributed by atoms with E-state index in [4.69, 9.17) is 5.11 Å². The minimum absolute atomic E-state index is 0.123. The monoisotopic (exact) mass is 295 g/mol. The van der Waals surface area contributed by atoms with Gasteiger partial charge in [0.1, 0.15) is 0 Å². The lowest BCUT2D eigenvalue weighted by molar-refractivity contribution is 0.0479. The molecule has 0 aliphatic carbocycles. The first kappa shape index (κ1) is 16.9. The Morgan fingerprint density at radius 3 is 2.62 bits per heavy atom. The van der Waals surface area contributed by atoms with E-state index in [1.54, 1.807) is 13.8 Å². The number of nitrogens with zero attached hydrogens (tertiary/aromatic N) is 2. The highest BCUT2D eigenvalue weighted by Gasteiger charge is 2.21. The van der Waals surface area contributed by atoms with Crippen molar-refractivity contribution < 1.29 is 19.8 Å². The quantitative estimate of drug-likeness (QED) is 0.729. The second-order valence-corrected chi connectivity index (χ2v) is 5.33. The molecule has 0 unspecified atom stereocenters. The number of amides is 2. The van der Waals surface area contributed by atoms with Crippen molar-refractivity contribution in [2.24, 2.45) is 0 Å². The predicted octanol–water partition coefficient (Wildman–Crippen LogP) is 1.08. The summed E-state index contributed by atoms with van der Waals surface area (Å²) in [5, 5.41) is 21.3. The van der Waals surface area contributed by atoms with Crippen LogP contribution in [0.15, 0.2) is 18.3 Å². The molecule has 116 valence electrons. The van der Waals surface area contributed by atoms with Crippen molar-refractivity contribution in [2.45, 2.75) is 32.9 Å². The number of carbonyl (C=O) groups is 2. The molecule has 3 N–H and O–H groups in total. The molecule has 2 amide bonds. The number of aromatic carboxylic acids is 1. The molecule has 7 nitrogen and oxygen atoms in total. The third-order valence-electron chi connectivity index (χ3n) is 2.73. The summed E-state index contributed by atoms with van der Waals surface area (Å²) in [6.45, 7) is 5.86. The average molecular weight is 295 g/mol. The fraction of sp³-hybridized carbons (Fsp3) is 0.500. The van der Waals surface area contributed by atoms with Crippen LogP contribution in [0.1, 0.15) is 36.8 Å². The summed E-state index contributed by atoms with van der Waals surface area (Å²) in [4.78, 5) is 28.3. The van der Waals surface area contributed by atoms with Crippen LogP contribution in [0.25, 0.3) is 0 Å². The predicted molar refractivity (Wildman–Crippen MR) is 77.0 cm³/mol. The molecule has 0 saturated heterocycles. The number of aliphatic hydroxyl groups is 1. The van der Waals surface area contributed by atoms with E-state index < -0.39 is 11.6 Å². The van der Waals surface area contributed by atoms with Gasteiger partial charge in [-0.3, -0.25) is 4.98 Å². The van der Waals surface area contributed by atoms with Crippen molar-refractivity contribution >= 4 is 12.0 Å². The van der Waals surface area contributed by atoms with Gasteiger partial charge in [-0.05, 0) is 32.9 Å². The molecule has 0 aromatic carbocycles. The third-order valence-corrected chi connectivity index (χ3v) is 2.73. The van der Waals surface area contributed by atoms with Crippen LogP contribution in [0.4, 0.5) is 4.79 Å². The van der Waals surface area contributed by atoms with E-state index in [-0.39, 0.29) is 24.7 Å². The van der Waals surface area contributed by atoms with Crippen LogP contribution in [0.5, 0.6) is 0 Å². The number of carboxylic acids is 1. The van der Waals surface area contributed by atoms with Gasteiger partial charge >= 0.3 is 12.0 Å². The first-order chi connectivity index (χ1) is 9.73. The van der Waals surface area contributed by atoms with Crippen molar-refractivity contribution in [2.75, 3.05) is 13.1 Å². The number of hydrogen-bond donors (Lipinski definition) is 3. The smallest absolute Gasteiger partial charge is 0.335 e. The second kappa shape index (κ2) is 7.03. The number of nitrogens with one attached hydrogen (secondary N) is 1. The van der Waals surface area contributed by atoms with E-state index in [0.717, 1.165) is 0 Å². The molecule has 21 heavy (non-hydrogen) atoms. The first-order valence-electron chi connectivity index (χ1n) is 6.66. The van der Waals surface area contributed by atoms with Crippen LogP contribution >= 0.6 is 0 Å². The summed E-state index contributed by atoms with van der Waals surface area (Å²) in [6.07, 6.45) is 1.39. The lowest BCUT2D eigenvalue weighted by Gasteiger charge is -2.28. The van der Waals surface area contributed by atoms with Gasteiger partial charge in [-0.2, -0.15) is 0 Å². The van der Waals surface area contributed by atoms with E-state index in [0.29, 0.717) is 12.2 Å². The SMILES string of the molecule is CCN(CC(C)(C)O)C(=O)NCc1cc(C(=O)O)ccn1. The highest BCUT2D eigenvalue weighted by molar-refractivity contribution is 5.87. The molecule has 1 aromatic heterocycles. The Kier molecular flexibility index (Phi) is 5.66. The number of likely N-dealkylation sites (N-methyl/N-ethyl adjacent to an activating group) is 1. The topological polar surface area (TPSA) is 103 Å². The van der Waals surface area contributed by atoms with Crippen LogP contribution in [-0.2, 0) is 6.54 Å². The molecule has 7 heteroatoms. The Bertz CT molecular complexity index is 511. The van der Waals surface area contributed by atoms with Gasteiger partial charge in [-0.15, -0.1) is 0 Å². The highest BCUT2D eigenvalue weighted by atomic mass is 16.4. The van der Waals surface area contributed by atoms with Crippen LogP contribution in [0, 0.1) is 0 Å². The zero-order valence-corrected chi connectivity index (χ0v) is 12.5. The minimum Gasteiger partial charge on any atom is -0.478 e. The maximum absolute atomic E-state index is 12.0. The number of carbonyl (C=O) groups excluding carboxylic acids is 1.